The molecule has 6 nitrogen and oxygen atoms in total. The van der Waals surface area contributed by atoms with Crippen molar-refractivity contribution in [1.29, 1.82) is 0 Å². The summed E-state index contributed by atoms with van der Waals surface area (Å²) in [6.45, 7) is 2.10. The van der Waals surface area contributed by atoms with Crippen LogP contribution in [0.3, 0.4) is 0 Å². The van der Waals surface area contributed by atoms with Crippen LogP contribution in [0.1, 0.15) is 24.8 Å². The van der Waals surface area contributed by atoms with Crippen LogP contribution in [0.2, 0.25) is 0 Å². The van der Waals surface area contributed by atoms with Gasteiger partial charge in [0.2, 0.25) is 5.91 Å². The van der Waals surface area contributed by atoms with Gasteiger partial charge in [-0.2, -0.15) is 5.10 Å². The molecule has 3 rings (SSSR count). The van der Waals surface area contributed by atoms with Gasteiger partial charge in [-0.15, -0.1) is 0 Å². The van der Waals surface area contributed by atoms with E-state index in [0.717, 1.165) is 30.4 Å². The highest BCUT2D eigenvalue weighted by Crippen LogP contribution is 2.20. The van der Waals surface area contributed by atoms with Gasteiger partial charge in [-0.1, -0.05) is 29.8 Å². The molecule has 1 saturated carbocycles. The summed E-state index contributed by atoms with van der Waals surface area (Å²) in [5.41, 5.74) is 2.05. The zero-order valence-corrected chi connectivity index (χ0v) is 13.8. The predicted octanol–water partition coefficient (Wildman–Crippen LogP) is 1.95. The summed E-state index contributed by atoms with van der Waals surface area (Å²) in [4.78, 5) is 12.3. The second-order valence-corrected chi connectivity index (χ2v) is 6.36. The molecule has 1 fully saturated rings. The maximum atomic E-state index is 12.3. The fraction of sp³-hybridized carbons (Fsp3) is 0.438. The van der Waals surface area contributed by atoms with Crippen LogP contribution in [0.4, 0.5) is 0 Å². The average Bonchev–Trinajstić information content (AvgIpc) is 3.08. The van der Waals surface area contributed by atoms with Gasteiger partial charge in [0.05, 0.1) is 12.1 Å². The monoisotopic (exact) mass is 332 g/mol. The molecule has 1 aromatic carbocycles. The van der Waals surface area contributed by atoms with Gasteiger partial charge < -0.3 is 10.4 Å². The van der Waals surface area contributed by atoms with Crippen molar-refractivity contribution in [2.24, 2.45) is 0 Å². The van der Waals surface area contributed by atoms with E-state index in [1.807, 2.05) is 31.2 Å². The minimum atomic E-state index is -0.451. The van der Waals surface area contributed by atoms with Crippen molar-refractivity contribution < 1.29 is 9.90 Å². The predicted molar refractivity (Wildman–Crippen MR) is 89.4 cm³/mol. The van der Waals surface area contributed by atoms with E-state index in [1.54, 1.807) is 4.57 Å². The van der Waals surface area contributed by atoms with Crippen molar-refractivity contribution in [3.05, 3.63) is 34.6 Å². The molecular weight excluding hydrogens is 312 g/mol. The number of aliphatic hydroxyl groups excluding tert-OH is 1. The average molecular weight is 332 g/mol. The molecule has 0 spiro atoms. The Balaban J connectivity index is 1.77. The summed E-state index contributed by atoms with van der Waals surface area (Å²) in [5, 5.41) is 19.7. The van der Waals surface area contributed by atoms with Gasteiger partial charge in [-0.3, -0.25) is 14.5 Å². The van der Waals surface area contributed by atoms with Crippen molar-refractivity contribution in [1.82, 2.24) is 20.1 Å². The van der Waals surface area contributed by atoms with E-state index >= 15 is 0 Å². The van der Waals surface area contributed by atoms with Gasteiger partial charge in [0.15, 0.2) is 10.6 Å². The molecule has 1 aromatic heterocycles. The summed E-state index contributed by atoms with van der Waals surface area (Å²) in [5.74, 6) is 0.471. The number of aliphatic hydroxyl groups is 1. The molecule has 0 saturated heterocycles. The molecule has 0 radical (unpaired) electrons. The second kappa shape index (κ2) is 6.64. The molecule has 1 aliphatic carbocycles. The third-order valence-corrected chi connectivity index (χ3v) is 4.51. The van der Waals surface area contributed by atoms with Crippen molar-refractivity contribution in [3.63, 3.8) is 0 Å². The molecule has 7 heteroatoms. The fourth-order valence-electron chi connectivity index (χ4n) is 2.89. The van der Waals surface area contributed by atoms with Crippen LogP contribution in [-0.2, 0) is 11.3 Å². The van der Waals surface area contributed by atoms with E-state index in [9.17, 15) is 9.90 Å². The van der Waals surface area contributed by atoms with Crippen molar-refractivity contribution in [2.45, 2.75) is 44.9 Å². The first-order chi connectivity index (χ1) is 11.0. The number of amides is 1. The SMILES string of the molecule is Cc1ccc(-c2n[nH]c(=S)n2CC(=O)N[C@@H]2CCC[C@@H]2O)cc1. The highest BCUT2D eigenvalue weighted by molar-refractivity contribution is 7.71. The highest BCUT2D eigenvalue weighted by Gasteiger charge is 2.26. The number of hydrogen-bond acceptors (Lipinski definition) is 4. The summed E-state index contributed by atoms with van der Waals surface area (Å²) in [6.07, 6.45) is 2.04. The van der Waals surface area contributed by atoms with Crippen molar-refractivity contribution >= 4 is 18.1 Å². The number of nitrogens with one attached hydrogen (secondary N) is 2. The largest absolute Gasteiger partial charge is 0.391 e. The summed E-state index contributed by atoms with van der Waals surface area (Å²) >= 11 is 5.24. The Morgan fingerprint density at radius 1 is 1.43 bits per heavy atom. The van der Waals surface area contributed by atoms with Gasteiger partial charge >= 0.3 is 0 Å². The van der Waals surface area contributed by atoms with Crippen LogP contribution in [0.15, 0.2) is 24.3 Å². The van der Waals surface area contributed by atoms with Crippen LogP contribution < -0.4 is 5.32 Å². The first-order valence-corrected chi connectivity index (χ1v) is 8.15. The Morgan fingerprint density at radius 3 is 2.83 bits per heavy atom. The van der Waals surface area contributed by atoms with Crippen LogP contribution in [0, 0.1) is 11.7 Å². The fourth-order valence-corrected chi connectivity index (χ4v) is 3.09. The third-order valence-electron chi connectivity index (χ3n) is 4.20. The number of rotatable bonds is 4. The molecule has 2 aromatic rings. The van der Waals surface area contributed by atoms with E-state index in [4.69, 9.17) is 12.2 Å². The van der Waals surface area contributed by atoms with Gasteiger partial charge in [0.1, 0.15) is 6.54 Å². The number of aryl methyl sites for hydroxylation is 1. The Labute approximate surface area is 139 Å². The van der Waals surface area contributed by atoms with Crippen molar-refractivity contribution in [2.75, 3.05) is 0 Å². The van der Waals surface area contributed by atoms with Gasteiger partial charge in [-0.25, -0.2) is 0 Å². The van der Waals surface area contributed by atoms with Gasteiger partial charge in [-0.05, 0) is 38.4 Å². The molecular formula is C16H20N4O2S. The molecule has 1 heterocycles. The lowest BCUT2D eigenvalue weighted by atomic mass is 10.1. The molecule has 0 bridgehead atoms. The van der Waals surface area contributed by atoms with Crippen molar-refractivity contribution in [3.8, 4) is 11.4 Å². The Morgan fingerprint density at radius 2 is 2.17 bits per heavy atom. The third kappa shape index (κ3) is 3.51. The second-order valence-electron chi connectivity index (χ2n) is 5.98. The number of carbonyl (C=O) groups is 1. The van der Waals surface area contributed by atoms with Crippen LogP contribution in [-0.4, -0.2) is 37.9 Å². The van der Waals surface area contributed by atoms with E-state index in [0.29, 0.717) is 10.6 Å². The highest BCUT2D eigenvalue weighted by atomic mass is 32.1. The maximum Gasteiger partial charge on any atom is 0.240 e. The quantitative estimate of drug-likeness (QED) is 0.747. The Bertz CT molecular complexity index is 750. The molecule has 23 heavy (non-hydrogen) atoms. The minimum absolute atomic E-state index is 0.0851. The van der Waals surface area contributed by atoms with E-state index in [1.165, 1.54) is 0 Å². The molecule has 122 valence electrons. The van der Waals surface area contributed by atoms with E-state index in [-0.39, 0.29) is 18.5 Å². The Kier molecular flexibility index (Phi) is 4.58. The first kappa shape index (κ1) is 15.9. The Hall–Kier alpha value is -1.99. The maximum absolute atomic E-state index is 12.3. The molecule has 2 atom stereocenters. The number of aromatic amines is 1. The lowest BCUT2D eigenvalue weighted by molar-refractivity contribution is -0.123. The van der Waals surface area contributed by atoms with Crippen LogP contribution >= 0.6 is 12.2 Å². The number of hydrogen-bond donors (Lipinski definition) is 3. The number of H-pyrrole nitrogens is 1. The lowest BCUT2D eigenvalue weighted by Gasteiger charge is -2.17. The smallest absolute Gasteiger partial charge is 0.240 e. The standard InChI is InChI=1S/C16H20N4O2S/c1-10-5-7-11(8-6-10)15-18-19-16(23)20(15)9-14(22)17-12-3-2-4-13(12)21/h5-8,12-13,21H,2-4,9H2,1H3,(H,17,22)(H,19,23)/t12-,13+/m1/s1. The molecule has 0 unspecified atom stereocenters. The normalized spacial score (nSPS) is 20.6. The van der Waals surface area contributed by atoms with Crippen LogP contribution in [0.25, 0.3) is 11.4 Å². The van der Waals surface area contributed by atoms with Gasteiger partial charge in [0.25, 0.3) is 0 Å². The first-order valence-electron chi connectivity index (χ1n) is 7.74. The van der Waals surface area contributed by atoms with E-state index < -0.39 is 6.10 Å². The summed E-state index contributed by atoms with van der Waals surface area (Å²) in [6, 6.07) is 7.73. The van der Waals surface area contributed by atoms with E-state index in [2.05, 4.69) is 15.5 Å². The summed E-state index contributed by atoms with van der Waals surface area (Å²) in [7, 11) is 0. The number of nitrogens with zero attached hydrogens (tertiary/aromatic N) is 2. The molecule has 1 amide bonds. The van der Waals surface area contributed by atoms with Crippen LogP contribution in [0.5, 0.6) is 0 Å². The number of aromatic nitrogens is 3. The topological polar surface area (TPSA) is 82.9 Å². The lowest BCUT2D eigenvalue weighted by Crippen LogP contribution is -2.41. The molecule has 1 aliphatic rings. The summed E-state index contributed by atoms with van der Waals surface area (Å²) < 4.78 is 2.08. The molecule has 3 N–H and O–H groups in total. The number of benzene rings is 1. The minimum Gasteiger partial charge on any atom is -0.391 e. The number of carbonyl (C=O) groups excluding carboxylic acids is 1. The van der Waals surface area contributed by atoms with Gasteiger partial charge in [0, 0.05) is 5.56 Å². The zero-order valence-electron chi connectivity index (χ0n) is 13.0. The zero-order chi connectivity index (χ0) is 16.4. The molecule has 0 aliphatic heterocycles.